The van der Waals surface area contributed by atoms with Crippen LogP contribution < -0.4 is 5.73 Å². The van der Waals surface area contributed by atoms with Crippen LogP contribution in [0, 0.1) is 10.8 Å². The fraction of sp³-hybridized carbons (Fsp3) is 0.923. The zero-order chi connectivity index (χ0) is 11.7. The van der Waals surface area contributed by atoms with Crippen molar-refractivity contribution in [1.29, 1.82) is 0 Å². The summed E-state index contributed by atoms with van der Waals surface area (Å²) < 4.78 is 0. The van der Waals surface area contributed by atoms with Crippen molar-refractivity contribution in [2.75, 3.05) is 0 Å². The molecule has 2 N–H and O–H groups in total. The Kier molecular flexibility index (Phi) is 3.47. The van der Waals surface area contributed by atoms with Gasteiger partial charge in [0, 0.05) is 6.42 Å². The predicted octanol–water partition coefficient (Wildman–Crippen LogP) is 3.36. The summed E-state index contributed by atoms with van der Waals surface area (Å²) in [5.41, 5.74) is 6.64. The minimum Gasteiger partial charge on any atom is -0.387 e. The zero-order valence-electron chi connectivity index (χ0n) is 10.9. The van der Waals surface area contributed by atoms with Gasteiger partial charge in [-0.2, -0.15) is 0 Å². The molecular formula is C13H26N2. The summed E-state index contributed by atoms with van der Waals surface area (Å²) in [4.78, 5) is 4.64. The molecule has 0 bridgehead atoms. The Hall–Kier alpha value is -0.530. The van der Waals surface area contributed by atoms with Crippen molar-refractivity contribution in [1.82, 2.24) is 0 Å². The fourth-order valence-electron chi connectivity index (χ4n) is 3.20. The zero-order valence-corrected chi connectivity index (χ0v) is 10.9. The molecular weight excluding hydrogens is 184 g/mol. The second-order valence-corrected chi connectivity index (χ2v) is 6.54. The summed E-state index contributed by atoms with van der Waals surface area (Å²) in [5, 5.41) is 0. The Morgan fingerprint density at radius 2 is 1.67 bits per heavy atom. The van der Waals surface area contributed by atoms with E-state index in [9.17, 15) is 0 Å². The molecule has 0 saturated heterocycles. The third-order valence-electron chi connectivity index (χ3n) is 3.24. The fourth-order valence-corrected chi connectivity index (χ4v) is 3.20. The number of amidine groups is 1. The van der Waals surface area contributed by atoms with E-state index in [2.05, 4.69) is 39.6 Å². The van der Waals surface area contributed by atoms with Gasteiger partial charge in [0.25, 0.3) is 0 Å². The highest BCUT2D eigenvalue weighted by Crippen LogP contribution is 2.46. The van der Waals surface area contributed by atoms with E-state index >= 15 is 0 Å². The lowest BCUT2D eigenvalue weighted by Crippen LogP contribution is -2.36. The molecule has 0 amide bonds. The van der Waals surface area contributed by atoms with E-state index in [1.807, 2.05) is 0 Å². The molecule has 15 heavy (non-hydrogen) atoms. The van der Waals surface area contributed by atoms with Crippen molar-refractivity contribution in [3.05, 3.63) is 0 Å². The van der Waals surface area contributed by atoms with Crippen molar-refractivity contribution in [3.63, 3.8) is 0 Å². The first-order valence-electron chi connectivity index (χ1n) is 6.06. The molecule has 1 aliphatic rings. The minimum absolute atomic E-state index is 0.407. The average Bonchev–Trinajstić information content (AvgIpc) is 1.97. The van der Waals surface area contributed by atoms with Crippen molar-refractivity contribution < 1.29 is 0 Å². The van der Waals surface area contributed by atoms with Gasteiger partial charge in [-0.1, -0.05) is 34.6 Å². The topological polar surface area (TPSA) is 38.4 Å². The number of nitrogens with zero attached hydrogens (tertiary/aromatic N) is 1. The van der Waals surface area contributed by atoms with Gasteiger partial charge in [-0.05, 0) is 30.1 Å². The Morgan fingerprint density at radius 3 is 2.07 bits per heavy atom. The summed E-state index contributed by atoms with van der Waals surface area (Å²) >= 11 is 0. The standard InChI is InChI=1S/C13H26N2/c1-6-11(14)15-10-7-12(2,3)9-13(4,5)8-10/h10H,6-9H2,1-5H3,(H2,14,15). The molecule has 1 aliphatic carbocycles. The van der Waals surface area contributed by atoms with Crippen LogP contribution >= 0.6 is 0 Å². The molecule has 0 heterocycles. The third-order valence-corrected chi connectivity index (χ3v) is 3.24. The van der Waals surface area contributed by atoms with Gasteiger partial charge in [0.05, 0.1) is 11.9 Å². The van der Waals surface area contributed by atoms with Gasteiger partial charge in [0.2, 0.25) is 0 Å². The van der Waals surface area contributed by atoms with E-state index in [1.54, 1.807) is 0 Å². The first-order chi connectivity index (χ1) is 6.74. The molecule has 0 aromatic carbocycles. The third kappa shape index (κ3) is 3.84. The van der Waals surface area contributed by atoms with Gasteiger partial charge in [-0.25, -0.2) is 0 Å². The summed E-state index contributed by atoms with van der Waals surface area (Å²) in [6.07, 6.45) is 4.52. The molecule has 2 nitrogen and oxygen atoms in total. The van der Waals surface area contributed by atoms with Crippen LogP contribution in [-0.2, 0) is 0 Å². The van der Waals surface area contributed by atoms with Crippen LogP contribution in [0.1, 0.15) is 60.3 Å². The van der Waals surface area contributed by atoms with Crippen LogP contribution in [0.3, 0.4) is 0 Å². The van der Waals surface area contributed by atoms with Gasteiger partial charge in [-0.15, -0.1) is 0 Å². The van der Waals surface area contributed by atoms with E-state index < -0.39 is 0 Å². The smallest absolute Gasteiger partial charge is 0.0937 e. The van der Waals surface area contributed by atoms with Crippen molar-refractivity contribution >= 4 is 5.84 Å². The molecule has 0 aliphatic heterocycles. The molecule has 1 fully saturated rings. The van der Waals surface area contributed by atoms with E-state index in [1.165, 1.54) is 19.3 Å². The highest BCUT2D eigenvalue weighted by Gasteiger charge is 2.38. The quantitative estimate of drug-likeness (QED) is 0.551. The highest BCUT2D eigenvalue weighted by atomic mass is 14.9. The Balaban J connectivity index is 2.76. The maximum atomic E-state index is 5.83. The van der Waals surface area contributed by atoms with Gasteiger partial charge < -0.3 is 5.73 Å². The lowest BCUT2D eigenvalue weighted by Gasteiger charge is -2.43. The van der Waals surface area contributed by atoms with Gasteiger partial charge in [0.1, 0.15) is 0 Å². The maximum absolute atomic E-state index is 5.83. The number of nitrogens with two attached hydrogens (primary N) is 1. The monoisotopic (exact) mass is 210 g/mol. The molecule has 0 spiro atoms. The van der Waals surface area contributed by atoms with E-state index in [0.717, 1.165) is 12.3 Å². The molecule has 88 valence electrons. The summed E-state index contributed by atoms with van der Waals surface area (Å²) in [6, 6.07) is 0.434. The van der Waals surface area contributed by atoms with Gasteiger partial charge in [-0.3, -0.25) is 4.99 Å². The average molecular weight is 210 g/mol. The Morgan fingerprint density at radius 1 is 1.20 bits per heavy atom. The van der Waals surface area contributed by atoms with Gasteiger partial charge >= 0.3 is 0 Å². The Labute approximate surface area is 94.3 Å². The number of hydrogen-bond donors (Lipinski definition) is 1. The molecule has 0 aromatic heterocycles. The van der Waals surface area contributed by atoms with Crippen LogP contribution in [-0.4, -0.2) is 11.9 Å². The van der Waals surface area contributed by atoms with Crippen molar-refractivity contribution in [3.8, 4) is 0 Å². The number of aliphatic imine (C=N–C) groups is 1. The SMILES string of the molecule is CCC(N)=NC1CC(C)(C)CC(C)(C)C1. The summed E-state index contributed by atoms with van der Waals surface area (Å²) in [5.74, 6) is 0.813. The molecule has 2 heteroatoms. The van der Waals surface area contributed by atoms with Crippen LogP contribution in [0.5, 0.6) is 0 Å². The predicted molar refractivity (Wildman–Crippen MR) is 67.1 cm³/mol. The highest BCUT2D eigenvalue weighted by molar-refractivity contribution is 5.80. The lowest BCUT2D eigenvalue weighted by atomic mass is 9.64. The van der Waals surface area contributed by atoms with E-state index in [0.29, 0.717) is 16.9 Å². The van der Waals surface area contributed by atoms with Crippen molar-refractivity contribution in [2.45, 2.75) is 66.3 Å². The van der Waals surface area contributed by atoms with Crippen LogP contribution in [0.2, 0.25) is 0 Å². The van der Waals surface area contributed by atoms with Crippen LogP contribution in [0.4, 0.5) is 0 Å². The molecule has 0 unspecified atom stereocenters. The van der Waals surface area contributed by atoms with Crippen molar-refractivity contribution in [2.24, 2.45) is 21.6 Å². The van der Waals surface area contributed by atoms with E-state index in [4.69, 9.17) is 5.73 Å². The second-order valence-electron chi connectivity index (χ2n) is 6.54. The maximum Gasteiger partial charge on any atom is 0.0937 e. The van der Waals surface area contributed by atoms with Crippen LogP contribution in [0.25, 0.3) is 0 Å². The van der Waals surface area contributed by atoms with Gasteiger partial charge in [0.15, 0.2) is 0 Å². The summed E-state index contributed by atoms with van der Waals surface area (Å²) in [7, 11) is 0. The lowest BCUT2D eigenvalue weighted by molar-refractivity contribution is 0.0996. The number of hydrogen-bond acceptors (Lipinski definition) is 1. The summed E-state index contributed by atoms with van der Waals surface area (Å²) in [6.45, 7) is 11.5. The molecule has 1 rings (SSSR count). The molecule has 0 atom stereocenters. The normalized spacial score (nSPS) is 26.6. The second kappa shape index (κ2) is 4.15. The minimum atomic E-state index is 0.407. The largest absolute Gasteiger partial charge is 0.387 e. The molecule has 0 radical (unpaired) electrons. The first kappa shape index (κ1) is 12.5. The molecule has 0 aromatic rings. The van der Waals surface area contributed by atoms with Crippen LogP contribution in [0.15, 0.2) is 4.99 Å². The number of rotatable bonds is 2. The first-order valence-corrected chi connectivity index (χ1v) is 6.06. The van der Waals surface area contributed by atoms with E-state index in [-0.39, 0.29) is 0 Å². The Bertz CT molecular complexity index is 235. The molecule has 1 saturated carbocycles.